The fourth-order valence-electron chi connectivity index (χ4n) is 3.04. The predicted molar refractivity (Wildman–Crippen MR) is 109 cm³/mol. The topological polar surface area (TPSA) is 47.6 Å². The van der Waals surface area contributed by atoms with Crippen molar-refractivity contribution < 1.29 is 14.3 Å². The van der Waals surface area contributed by atoms with Crippen LogP contribution in [0.2, 0.25) is 0 Å². The Morgan fingerprint density at radius 1 is 0.923 bits per heavy atom. The van der Waals surface area contributed by atoms with Gasteiger partial charge in [-0.2, -0.15) is 0 Å². The number of anilines is 1. The zero-order valence-electron chi connectivity index (χ0n) is 16.7. The fourth-order valence-corrected chi connectivity index (χ4v) is 3.04. The van der Waals surface area contributed by atoms with E-state index in [2.05, 4.69) is 12.2 Å². The van der Waals surface area contributed by atoms with Crippen LogP contribution in [0.4, 0.5) is 10.5 Å². The number of amides is 1. The van der Waals surface area contributed by atoms with Crippen LogP contribution >= 0.6 is 0 Å². The summed E-state index contributed by atoms with van der Waals surface area (Å²) in [5.74, 6) is 0. The molecule has 0 aliphatic carbocycles. The largest absolute Gasteiger partial charge is 0.444 e. The van der Waals surface area contributed by atoms with Gasteiger partial charge in [-0.05, 0) is 25.0 Å². The van der Waals surface area contributed by atoms with E-state index in [1.54, 1.807) is 7.11 Å². The summed E-state index contributed by atoms with van der Waals surface area (Å²) in [7, 11) is 1.64. The zero-order valence-corrected chi connectivity index (χ0v) is 16.7. The molecular formula is C22H37NO3. The van der Waals surface area contributed by atoms with E-state index in [-0.39, 0.29) is 6.10 Å². The number of ether oxygens (including phenoxy) is 2. The summed E-state index contributed by atoms with van der Waals surface area (Å²) in [6.07, 6.45) is 13.3. The molecule has 1 atom stereocenters. The maximum absolute atomic E-state index is 12.0. The van der Waals surface area contributed by atoms with Crippen molar-refractivity contribution in [3.8, 4) is 0 Å². The molecule has 26 heavy (non-hydrogen) atoms. The molecule has 1 amide bonds. The molecule has 4 heteroatoms. The predicted octanol–water partition coefficient (Wildman–Crippen LogP) is 6.56. The van der Waals surface area contributed by atoms with Crippen molar-refractivity contribution in [1.29, 1.82) is 0 Å². The Balaban J connectivity index is 2.10. The summed E-state index contributed by atoms with van der Waals surface area (Å²) in [6, 6.07) is 9.36. The number of carbonyl (C=O) groups excluding carboxylic acids is 1. The third kappa shape index (κ3) is 11.9. The number of benzene rings is 1. The van der Waals surface area contributed by atoms with E-state index in [1.165, 1.54) is 57.8 Å². The lowest BCUT2D eigenvalue weighted by Crippen LogP contribution is -2.26. The number of methoxy groups -OCH3 is 1. The molecule has 0 bridgehead atoms. The van der Waals surface area contributed by atoms with E-state index >= 15 is 0 Å². The minimum atomic E-state index is -0.412. The van der Waals surface area contributed by atoms with Crippen LogP contribution in [0.15, 0.2) is 30.3 Å². The van der Waals surface area contributed by atoms with Crippen molar-refractivity contribution in [2.45, 2.75) is 83.7 Å². The average Bonchev–Trinajstić information content (AvgIpc) is 2.64. The summed E-state index contributed by atoms with van der Waals surface area (Å²) in [6.45, 7) is 2.70. The molecule has 1 N–H and O–H groups in total. The number of unbranched alkanes of at least 4 members (excludes halogenated alkanes) is 9. The average molecular weight is 364 g/mol. The first-order valence-corrected chi connectivity index (χ1v) is 10.3. The molecule has 0 saturated carbocycles. The van der Waals surface area contributed by atoms with Gasteiger partial charge in [-0.1, -0.05) is 82.9 Å². The molecule has 0 radical (unpaired) electrons. The Kier molecular flexibility index (Phi) is 13.6. The van der Waals surface area contributed by atoms with Crippen molar-refractivity contribution in [3.63, 3.8) is 0 Å². The SMILES string of the molecule is CCCCCCCCCCCCC(COC)OC(=O)Nc1ccccc1. The van der Waals surface area contributed by atoms with Gasteiger partial charge < -0.3 is 9.47 Å². The second-order valence-electron chi connectivity index (χ2n) is 6.94. The molecule has 1 rings (SSSR count). The number of nitrogens with one attached hydrogen (secondary N) is 1. The van der Waals surface area contributed by atoms with Crippen LogP contribution in [-0.2, 0) is 9.47 Å². The summed E-state index contributed by atoms with van der Waals surface area (Å²) in [5, 5.41) is 2.75. The Morgan fingerprint density at radius 2 is 1.50 bits per heavy atom. The summed E-state index contributed by atoms with van der Waals surface area (Å²) in [4.78, 5) is 12.0. The van der Waals surface area contributed by atoms with Crippen molar-refractivity contribution in [2.24, 2.45) is 0 Å². The minimum Gasteiger partial charge on any atom is -0.444 e. The van der Waals surface area contributed by atoms with Gasteiger partial charge in [-0.15, -0.1) is 0 Å². The van der Waals surface area contributed by atoms with Gasteiger partial charge in [0.05, 0.1) is 6.61 Å². The Bertz CT molecular complexity index is 450. The van der Waals surface area contributed by atoms with Crippen molar-refractivity contribution in [2.75, 3.05) is 19.0 Å². The quantitative estimate of drug-likeness (QED) is 0.359. The first-order valence-electron chi connectivity index (χ1n) is 10.3. The van der Waals surface area contributed by atoms with Crippen molar-refractivity contribution in [1.82, 2.24) is 0 Å². The second-order valence-corrected chi connectivity index (χ2v) is 6.94. The lowest BCUT2D eigenvalue weighted by atomic mass is 10.0. The molecule has 1 aromatic carbocycles. The molecule has 0 heterocycles. The molecule has 1 aromatic rings. The molecule has 0 aliphatic rings. The van der Waals surface area contributed by atoms with E-state index in [1.807, 2.05) is 30.3 Å². The van der Waals surface area contributed by atoms with Crippen LogP contribution in [0.5, 0.6) is 0 Å². The van der Waals surface area contributed by atoms with E-state index in [9.17, 15) is 4.79 Å². The number of hydrogen-bond donors (Lipinski definition) is 1. The summed E-state index contributed by atoms with van der Waals surface area (Å²) < 4.78 is 10.7. The monoisotopic (exact) mass is 363 g/mol. The standard InChI is InChI=1S/C22H37NO3/c1-3-4-5-6-7-8-9-10-11-15-18-21(19-25-2)26-22(24)23-20-16-13-12-14-17-20/h12-14,16-17,21H,3-11,15,18-19H2,1-2H3,(H,23,24). The first-order chi connectivity index (χ1) is 12.8. The molecule has 148 valence electrons. The highest BCUT2D eigenvalue weighted by Crippen LogP contribution is 2.14. The van der Waals surface area contributed by atoms with Gasteiger partial charge in [-0.3, -0.25) is 5.32 Å². The summed E-state index contributed by atoms with van der Waals surface area (Å²) in [5.41, 5.74) is 0.743. The number of hydrogen-bond acceptors (Lipinski definition) is 3. The number of para-hydroxylation sites is 1. The smallest absolute Gasteiger partial charge is 0.411 e. The summed E-state index contributed by atoms with van der Waals surface area (Å²) >= 11 is 0. The van der Waals surface area contributed by atoms with Crippen LogP contribution < -0.4 is 5.32 Å². The Hall–Kier alpha value is -1.55. The van der Waals surface area contributed by atoms with Gasteiger partial charge in [0.1, 0.15) is 6.10 Å². The normalized spacial score (nSPS) is 11.9. The van der Waals surface area contributed by atoms with Gasteiger partial charge in [-0.25, -0.2) is 4.79 Å². The minimum absolute atomic E-state index is 0.183. The third-order valence-electron chi connectivity index (χ3n) is 4.53. The van der Waals surface area contributed by atoms with E-state index < -0.39 is 6.09 Å². The molecular weight excluding hydrogens is 326 g/mol. The molecule has 0 spiro atoms. The van der Waals surface area contributed by atoms with Gasteiger partial charge in [0.25, 0.3) is 0 Å². The molecule has 1 unspecified atom stereocenters. The molecule has 0 aromatic heterocycles. The number of rotatable bonds is 15. The van der Waals surface area contributed by atoms with E-state index in [4.69, 9.17) is 9.47 Å². The third-order valence-corrected chi connectivity index (χ3v) is 4.53. The van der Waals surface area contributed by atoms with Crippen molar-refractivity contribution >= 4 is 11.8 Å². The van der Waals surface area contributed by atoms with Crippen LogP contribution in [0.25, 0.3) is 0 Å². The Labute approximate surface area is 159 Å². The molecule has 0 fully saturated rings. The van der Waals surface area contributed by atoms with Gasteiger partial charge >= 0.3 is 6.09 Å². The van der Waals surface area contributed by atoms with Crippen LogP contribution in [-0.4, -0.2) is 25.9 Å². The highest BCUT2D eigenvalue weighted by molar-refractivity contribution is 5.84. The zero-order chi connectivity index (χ0) is 18.9. The van der Waals surface area contributed by atoms with Gasteiger partial charge in [0.15, 0.2) is 0 Å². The first kappa shape index (κ1) is 22.5. The molecule has 0 saturated heterocycles. The molecule has 4 nitrogen and oxygen atoms in total. The van der Waals surface area contributed by atoms with Crippen LogP contribution in [0, 0.1) is 0 Å². The van der Waals surface area contributed by atoms with Gasteiger partial charge in [0.2, 0.25) is 0 Å². The highest BCUT2D eigenvalue weighted by atomic mass is 16.6. The maximum Gasteiger partial charge on any atom is 0.411 e. The Morgan fingerprint density at radius 3 is 2.08 bits per heavy atom. The van der Waals surface area contributed by atoms with Crippen LogP contribution in [0.3, 0.4) is 0 Å². The maximum atomic E-state index is 12.0. The lowest BCUT2D eigenvalue weighted by molar-refractivity contribution is 0.0403. The van der Waals surface area contributed by atoms with Crippen LogP contribution in [0.1, 0.15) is 77.6 Å². The van der Waals surface area contributed by atoms with E-state index in [0.29, 0.717) is 6.61 Å². The number of carbonyl (C=O) groups is 1. The fraction of sp³-hybridized carbons (Fsp3) is 0.682. The second kappa shape index (κ2) is 15.7. The van der Waals surface area contributed by atoms with E-state index in [0.717, 1.165) is 18.5 Å². The van der Waals surface area contributed by atoms with Gasteiger partial charge in [0, 0.05) is 12.8 Å². The lowest BCUT2D eigenvalue weighted by Gasteiger charge is -2.17. The highest BCUT2D eigenvalue weighted by Gasteiger charge is 2.14. The van der Waals surface area contributed by atoms with Crippen molar-refractivity contribution in [3.05, 3.63) is 30.3 Å². The molecule has 0 aliphatic heterocycles.